The molecule has 0 aliphatic rings. The van der Waals surface area contributed by atoms with Gasteiger partial charge in [-0.25, -0.2) is 0 Å². The van der Waals surface area contributed by atoms with Crippen molar-refractivity contribution in [2.45, 2.75) is 6.92 Å². The summed E-state index contributed by atoms with van der Waals surface area (Å²) in [5.74, 6) is 0.868. The third-order valence-corrected chi connectivity index (χ3v) is 2.11. The molecule has 0 saturated carbocycles. The van der Waals surface area contributed by atoms with E-state index in [0.717, 1.165) is 5.56 Å². The normalized spacial score (nSPS) is 10.1. The number of benzene rings is 1. The molecule has 0 aromatic heterocycles. The number of carbonyl (C=O) groups excluding carboxylic acids is 1. The molecule has 1 rings (SSSR count). The average molecular weight is 240 g/mol. The second-order valence-electron chi connectivity index (χ2n) is 3.35. The molecule has 0 saturated heterocycles. The van der Waals surface area contributed by atoms with Gasteiger partial charge in [0.05, 0.1) is 5.56 Å². The van der Waals surface area contributed by atoms with Crippen LogP contribution in [0.3, 0.4) is 0 Å². The number of aryl methyl sites for hydroxylation is 1. The summed E-state index contributed by atoms with van der Waals surface area (Å²) in [6.45, 7) is 2.00. The number of rotatable bonds is 7. The highest BCUT2D eigenvalue weighted by Crippen LogP contribution is 2.34. The van der Waals surface area contributed by atoms with Gasteiger partial charge in [-0.3, -0.25) is 4.79 Å². The zero-order valence-electron chi connectivity index (χ0n) is 10.2. The van der Waals surface area contributed by atoms with Gasteiger partial charge in [0.1, 0.15) is 0 Å². The van der Waals surface area contributed by atoms with Crippen LogP contribution in [0.25, 0.3) is 0 Å². The molecule has 1 aromatic carbocycles. The van der Waals surface area contributed by atoms with E-state index >= 15 is 0 Å². The van der Waals surface area contributed by atoms with E-state index in [0.29, 0.717) is 23.3 Å². The van der Waals surface area contributed by atoms with Crippen LogP contribution >= 0.6 is 0 Å². The molecule has 0 bridgehead atoms. The number of aldehydes is 1. The fourth-order valence-electron chi connectivity index (χ4n) is 1.33. The molecule has 0 heterocycles. The summed E-state index contributed by atoms with van der Waals surface area (Å²) in [6, 6.07) is 3.46. The first-order valence-corrected chi connectivity index (χ1v) is 5.06. The first-order chi connectivity index (χ1) is 8.24. The van der Waals surface area contributed by atoms with Crippen molar-refractivity contribution in [1.82, 2.24) is 0 Å². The van der Waals surface area contributed by atoms with E-state index in [1.807, 2.05) is 6.92 Å². The molecule has 0 atom stereocenters. The number of carbonyl (C=O) groups is 1. The lowest BCUT2D eigenvalue weighted by molar-refractivity contribution is 0.0315. The van der Waals surface area contributed by atoms with Gasteiger partial charge in [0.25, 0.3) is 0 Å². The maximum absolute atomic E-state index is 10.9. The lowest BCUT2D eigenvalue weighted by Gasteiger charge is -2.15. The minimum absolute atomic E-state index is 0.0492. The molecule has 1 aromatic rings. The lowest BCUT2D eigenvalue weighted by Crippen LogP contribution is -2.07. The Bertz CT molecular complexity index is 375. The second kappa shape index (κ2) is 6.88. The van der Waals surface area contributed by atoms with Crippen LogP contribution in [0.1, 0.15) is 15.9 Å². The predicted molar refractivity (Wildman–Crippen MR) is 61.6 cm³/mol. The minimum atomic E-state index is 0.0492. The van der Waals surface area contributed by atoms with Gasteiger partial charge in [0, 0.05) is 14.2 Å². The zero-order valence-corrected chi connectivity index (χ0v) is 10.2. The van der Waals surface area contributed by atoms with Crippen molar-refractivity contribution in [3.8, 4) is 11.5 Å². The highest BCUT2D eigenvalue weighted by atomic mass is 16.7. The molecule has 0 unspecified atom stereocenters. The van der Waals surface area contributed by atoms with Crippen molar-refractivity contribution in [2.75, 3.05) is 27.8 Å². The summed E-state index contributed by atoms with van der Waals surface area (Å²) in [7, 11) is 3.03. The van der Waals surface area contributed by atoms with E-state index in [-0.39, 0.29) is 13.6 Å². The molecule has 0 amide bonds. The van der Waals surface area contributed by atoms with Crippen molar-refractivity contribution in [3.63, 3.8) is 0 Å². The summed E-state index contributed by atoms with van der Waals surface area (Å²) in [5.41, 5.74) is 1.28. The van der Waals surface area contributed by atoms with Crippen molar-refractivity contribution in [3.05, 3.63) is 23.3 Å². The first kappa shape index (κ1) is 13.5. The quantitative estimate of drug-likeness (QED) is 0.537. The SMILES string of the molecule is COCOc1c(C)ccc(C=O)c1OCOC. The first-order valence-electron chi connectivity index (χ1n) is 5.06. The van der Waals surface area contributed by atoms with Gasteiger partial charge >= 0.3 is 0 Å². The van der Waals surface area contributed by atoms with Crippen LogP contribution in [-0.4, -0.2) is 34.1 Å². The molecule has 17 heavy (non-hydrogen) atoms. The van der Waals surface area contributed by atoms with Gasteiger partial charge < -0.3 is 18.9 Å². The van der Waals surface area contributed by atoms with Gasteiger partial charge in [0.15, 0.2) is 31.4 Å². The maximum Gasteiger partial charge on any atom is 0.188 e. The third kappa shape index (κ3) is 3.44. The topological polar surface area (TPSA) is 54.0 Å². The Hall–Kier alpha value is -1.59. The van der Waals surface area contributed by atoms with Crippen molar-refractivity contribution >= 4 is 6.29 Å². The molecule has 0 fully saturated rings. The molecule has 0 aliphatic heterocycles. The molecular formula is C12H16O5. The number of ether oxygens (including phenoxy) is 4. The number of methoxy groups -OCH3 is 2. The zero-order chi connectivity index (χ0) is 12.7. The van der Waals surface area contributed by atoms with Crippen molar-refractivity contribution < 1.29 is 23.7 Å². The average Bonchev–Trinajstić information content (AvgIpc) is 2.35. The fourth-order valence-corrected chi connectivity index (χ4v) is 1.33. The predicted octanol–water partition coefficient (Wildman–Crippen LogP) is 1.77. The van der Waals surface area contributed by atoms with E-state index in [2.05, 4.69) is 0 Å². The molecule has 5 heteroatoms. The van der Waals surface area contributed by atoms with E-state index in [1.165, 1.54) is 14.2 Å². The molecule has 5 nitrogen and oxygen atoms in total. The van der Waals surface area contributed by atoms with Crippen molar-refractivity contribution in [2.24, 2.45) is 0 Å². The summed E-state index contributed by atoms with van der Waals surface area (Å²) in [6.07, 6.45) is 0.712. The molecular weight excluding hydrogens is 224 g/mol. The Labute approximate surface area is 100 Å². The molecule has 0 radical (unpaired) electrons. The Kier molecular flexibility index (Phi) is 5.45. The number of hydrogen-bond donors (Lipinski definition) is 0. The van der Waals surface area contributed by atoms with Crippen LogP contribution in [0.4, 0.5) is 0 Å². The van der Waals surface area contributed by atoms with Gasteiger partial charge in [-0.05, 0) is 18.6 Å². The molecule has 94 valence electrons. The van der Waals surface area contributed by atoms with Crippen LogP contribution < -0.4 is 9.47 Å². The Morgan fingerprint density at radius 3 is 2.18 bits per heavy atom. The molecule has 0 aliphatic carbocycles. The molecule has 0 spiro atoms. The van der Waals surface area contributed by atoms with Gasteiger partial charge in [-0.1, -0.05) is 6.07 Å². The molecule has 0 N–H and O–H groups in total. The smallest absolute Gasteiger partial charge is 0.188 e. The second-order valence-corrected chi connectivity index (χ2v) is 3.35. The van der Waals surface area contributed by atoms with E-state index in [1.54, 1.807) is 12.1 Å². The Balaban J connectivity index is 3.06. The minimum Gasteiger partial charge on any atom is -0.463 e. The highest BCUT2D eigenvalue weighted by molar-refractivity contribution is 5.81. The van der Waals surface area contributed by atoms with Crippen LogP contribution in [0.5, 0.6) is 11.5 Å². The van der Waals surface area contributed by atoms with Crippen molar-refractivity contribution in [1.29, 1.82) is 0 Å². The van der Waals surface area contributed by atoms with Crippen LogP contribution in [-0.2, 0) is 9.47 Å². The Morgan fingerprint density at radius 1 is 1.06 bits per heavy atom. The van der Waals surface area contributed by atoms with E-state index in [4.69, 9.17) is 18.9 Å². The van der Waals surface area contributed by atoms with E-state index < -0.39 is 0 Å². The van der Waals surface area contributed by atoms with Crippen LogP contribution in [0, 0.1) is 6.92 Å². The summed E-state index contributed by atoms with van der Waals surface area (Å²) in [4.78, 5) is 10.9. The Morgan fingerprint density at radius 2 is 1.65 bits per heavy atom. The highest BCUT2D eigenvalue weighted by Gasteiger charge is 2.14. The largest absolute Gasteiger partial charge is 0.463 e. The monoisotopic (exact) mass is 240 g/mol. The van der Waals surface area contributed by atoms with Gasteiger partial charge in [-0.15, -0.1) is 0 Å². The lowest BCUT2D eigenvalue weighted by atomic mass is 10.1. The summed E-state index contributed by atoms with van der Waals surface area (Å²) >= 11 is 0. The number of hydrogen-bond acceptors (Lipinski definition) is 5. The summed E-state index contributed by atoms with van der Waals surface area (Å²) < 4.78 is 20.4. The van der Waals surface area contributed by atoms with E-state index in [9.17, 15) is 4.79 Å². The van der Waals surface area contributed by atoms with Gasteiger partial charge in [-0.2, -0.15) is 0 Å². The standard InChI is InChI=1S/C12H16O5/c1-9-4-5-10(6-13)12(17-8-15-3)11(9)16-7-14-2/h4-6H,7-8H2,1-3H3. The van der Waals surface area contributed by atoms with Gasteiger partial charge in [0.2, 0.25) is 0 Å². The van der Waals surface area contributed by atoms with Crippen LogP contribution in [0.2, 0.25) is 0 Å². The third-order valence-electron chi connectivity index (χ3n) is 2.11. The maximum atomic E-state index is 10.9. The summed E-state index contributed by atoms with van der Waals surface area (Å²) in [5, 5.41) is 0. The fraction of sp³-hybridized carbons (Fsp3) is 0.417. The van der Waals surface area contributed by atoms with Crippen LogP contribution in [0.15, 0.2) is 12.1 Å².